The minimum absolute atomic E-state index is 0.184. The summed E-state index contributed by atoms with van der Waals surface area (Å²) in [7, 11) is 1.69. The van der Waals surface area contributed by atoms with Crippen LogP contribution in [0.25, 0.3) is 0 Å². The maximum atomic E-state index is 12.6. The molecule has 1 aromatic rings. The van der Waals surface area contributed by atoms with Crippen molar-refractivity contribution in [3.8, 4) is 0 Å². The fourth-order valence-corrected chi connectivity index (χ4v) is 1.39. The van der Waals surface area contributed by atoms with Gasteiger partial charge in [0.25, 0.3) is 0 Å². The molecule has 0 saturated heterocycles. The number of rotatable bonds is 4. The maximum Gasteiger partial charge on any atom is 0.123 e. The van der Waals surface area contributed by atoms with Gasteiger partial charge in [0.2, 0.25) is 0 Å². The Morgan fingerprint density at radius 2 is 1.92 bits per heavy atom. The summed E-state index contributed by atoms with van der Waals surface area (Å²) in [5.74, 6) is 0.196. The number of benzene rings is 1. The highest BCUT2D eigenvalue weighted by Gasteiger charge is 2.08. The minimum atomic E-state index is -0.184. The van der Waals surface area contributed by atoms with Gasteiger partial charge in [0.15, 0.2) is 0 Å². The van der Waals surface area contributed by atoms with Crippen molar-refractivity contribution >= 4 is 0 Å². The van der Waals surface area contributed by atoms with Crippen molar-refractivity contribution in [2.75, 3.05) is 13.7 Å². The van der Waals surface area contributed by atoms with Crippen LogP contribution in [-0.4, -0.2) is 13.7 Å². The molecule has 0 aliphatic rings. The van der Waals surface area contributed by atoms with Gasteiger partial charge in [0.05, 0.1) is 6.61 Å². The molecular weight excluding hydrogens is 167 g/mol. The molecule has 0 amide bonds. The SMILES string of the molecule is CCC(COC)c1ccc(F)cc1. The maximum absolute atomic E-state index is 12.6. The normalized spacial score (nSPS) is 12.8. The average molecular weight is 182 g/mol. The molecule has 2 heteroatoms. The van der Waals surface area contributed by atoms with E-state index in [1.807, 2.05) is 12.1 Å². The number of methoxy groups -OCH3 is 1. The van der Waals surface area contributed by atoms with Crippen LogP contribution in [0.3, 0.4) is 0 Å². The van der Waals surface area contributed by atoms with Crippen molar-refractivity contribution in [3.05, 3.63) is 35.6 Å². The van der Waals surface area contributed by atoms with Crippen molar-refractivity contribution < 1.29 is 9.13 Å². The summed E-state index contributed by atoms with van der Waals surface area (Å²) >= 11 is 0. The molecule has 1 atom stereocenters. The van der Waals surface area contributed by atoms with Gasteiger partial charge in [-0.3, -0.25) is 0 Å². The van der Waals surface area contributed by atoms with Gasteiger partial charge in [-0.15, -0.1) is 0 Å². The van der Waals surface area contributed by atoms with Crippen LogP contribution >= 0.6 is 0 Å². The molecule has 0 fully saturated rings. The second-order valence-electron chi connectivity index (χ2n) is 3.11. The minimum Gasteiger partial charge on any atom is -0.384 e. The fraction of sp³-hybridized carbons (Fsp3) is 0.455. The zero-order valence-corrected chi connectivity index (χ0v) is 8.09. The summed E-state index contributed by atoms with van der Waals surface area (Å²) in [6, 6.07) is 6.63. The van der Waals surface area contributed by atoms with Gasteiger partial charge in [-0.05, 0) is 24.1 Å². The summed E-state index contributed by atoms with van der Waals surface area (Å²) < 4.78 is 17.7. The van der Waals surface area contributed by atoms with Gasteiger partial charge in [-0.1, -0.05) is 19.1 Å². The molecule has 72 valence electrons. The molecule has 0 aliphatic heterocycles. The lowest BCUT2D eigenvalue weighted by molar-refractivity contribution is 0.177. The monoisotopic (exact) mass is 182 g/mol. The Morgan fingerprint density at radius 3 is 2.38 bits per heavy atom. The first-order valence-electron chi connectivity index (χ1n) is 4.52. The Kier molecular flexibility index (Phi) is 3.90. The van der Waals surface area contributed by atoms with Crippen LogP contribution in [-0.2, 0) is 4.74 Å². The third-order valence-corrected chi connectivity index (χ3v) is 2.20. The summed E-state index contributed by atoms with van der Waals surface area (Å²) in [4.78, 5) is 0. The Labute approximate surface area is 78.5 Å². The third kappa shape index (κ3) is 2.81. The van der Waals surface area contributed by atoms with Crippen LogP contribution in [0.5, 0.6) is 0 Å². The molecule has 0 aliphatic carbocycles. The van der Waals surface area contributed by atoms with Crippen LogP contribution in [0.15, 0.2) is 24.3 Å². The largest absolute Gasteiger partial charge is 0.384 e. The Morgan fingerprint density at radius 1 is 1.31 bits per heavy atom. The van der Waals surface area contributed by atoms with Gasteiger partial charge >= 0.3 is 0 Å². The van der Waals surface area contributed by atoms with E-state index in [1.165, 1.54) is 12.1 Å². The molecule has 0 spiro atoms. The average Bonchev–Trinajstić information content (AvgIpc) is 2.16. The first kappa shape index (κ1) is 10.2. The number of ether oxygens (including phenoxy) is 1. The Balaban J connectivity index is 2.73. The highest BCUT2D eigenvalue weighted by atomic mass is 19.1. The lowest BCUT2D eigenvalue weighted by Crippen LogP contribution is -2.04. The second-order valence-corrected chi connectivity index (χ2v) is 3.11. The van der Waals surface area contributed by atoms with Crippen LogP contribution in [0.1, 0.15) is 24.8 Å². The van der Waals surface area contributed by atoms with E-state index >= 15 is 0 Å². The van der Waals surface area contributed by atoms with Crippen molar-refractivity contribution in [2.45, 2.75) is 19.3 Å². The predicted octanol–water partition coefficient (Wildman–Crippen LogP) is 2.97. The van der Waals surface area contributed by atoms with E-state index in [4.69, 9.17) is 4.74 Å². The number of hydrogen-bond donors (Lipinski definition) is 0. The molecule has 1 nitrogen and oxygen atoms in total. The van der Waals surface area contributed by atoms with E-state index in [9.17, 15) is 4.39 Å². The molecule has 0 aromatic heterocycles. The van der Waals surface area contributed by atoms with Crippen LogP contribution in [0.4, 0.5) is 4.39 Å². The van der Waals surface area contributed by atoms with E-state index in [0.717, 1.165) is 12.0 Å². The highest BCUT2D eigenvalue weighted by Crippen LogP contribution is 2.19. The summed E-state index contributed by atoms with van der Waals surface area (Å²) in [6.45, 7) is 2.80. The molecule has 1 rings (SSSR count). The predicted molar refractivity (Wildman–Crippen MR) is 51.3 cm³/mol. The van der Waals surface area contributed by atoms with Crippen LogP contribution in [0, 0.1) is 5.82 Å². The zero-order valence-electron chi connectivity index (χ0n) is 8.09. The Bertz CT molecular complexity index is 243. The quantitative estimate of drug-likeness (QED) is 0.695. The third-order valence-electron chi connectivity index (χ3n) is 2.20. The van der Waals surface area contributed by atoms with E-state index in [1.54, 1.807) is 7.11 Å². The van der Waals surface area contributed by atoms with E-state index in [-0.39, 0.29) is 5.82 Å². The zero-order chi connectivity index (χ0) is 9.68. The molecule has 0 N–H and O–H groups in total. The molecule has 0 saturated carbocycles. The van der Waals surface area contributed by atoms with Gasteiger partial charge in [-0.25, -0.2) is 4.39 Å². The van der Waals surface area contributed by atoms with Crippen molar-refractivity contribution in [1.29, 1.82) is 0 Å². The van der Waals surface area contributed by atoms with E-state index < -0.39 is 0 Å². The molecule has 0 heterocycles. The standard InChI is InChI=1S/C11H15FO/c1-3-9(8-13-2)10-4-6-11(12)7-5-10/h4-7,9H,3,8H2,1-2H3. The van der Waals surface area contributed by atoms with Gasteiger partial charge in [-0.2, -0.15) is 0 Å². The smallest absolute Gasteiger partial charge is 0.123 e. The summed E-state index contributed by atoms with van der Waals surface area (Å²) in [5, 5.41) is 0. The van der Waals surface area contributed by atoms with Crippen LogP contribution < -0.4 is 0 Å². The van der Waals surface area contributed by atoms with Crippen molar-refractivity contribution in [1.82, 2.24) is 0 Å². The molecule has 0 radical (unpaired) electrons. The lowest BCUT2D eigenvalue weighted by atomic mass is 9.97. The highest BCUT2D eigenvalue weighted by molar-refractivity contribution is 5.20. The van der Waals surface area contributed by atoms with E-state index in [2.05, 4.69) is 6.92 Å². The molecular formula is C11H15FO. The van der Waals surface area contributed by atoms with Gasteiger partial charge < -0.3 is 4.74 Å². The topological polar surface area (TPSA) is 9.23 Å². The summed E-state index contributed by atoms with van der Waals surface area (Å²) in [5.41, 5.74) is 1.14. The van der Waals surface area contributed by atoms with Gasteiger partial charge in [0, 0.05) is 13.0 Å². The molecule has 1 unspecified atom stereocenters. The van der Waals surface area contributed by atoms with E-state index in [0.29, 0.717) is 12.5 Å². The van der Waals surface area contributed by atoms with Gasteiger partial charge in [0.1, 0.15) is 5.82 Å². The lowest BCUT2D eigenvalue weighted by Gasteiger charge is -2.13. The number of hydrogen-bond acceptors (Lipinski definition) is 1. The molecule has 1 aromatic carbocycles. The summed E-state index contributed by atoms with van der Waals surface area (Å²) in [6.07, 6.45) is 1.01. The first-order valence-corrected chi connectivity index (χ1v) is 4.52. The Hall–Kier alpha value is -0.890. The molecule has 0 bridgehead atoms. The van der Waals surface area contributed by atoms with Crippen LogP contribution in [0.2, 0.25) is 0 Å². The first-order chi connectivity index (χ1) is 6.27. The van der Waals surface area contributed by atoms with Crippen molar-refractivity contribution in [2.24, 2.45) is 0 Å². The fourth-order valence-electron chi connectivity index (χ4n) is 1.39. The second kappa shape index (κ2) is 4.97. The number of halogens is 1. The van der Waals surface area contributed by atoms with Crippen molar-refractivity contribution in [3.63, 3.8) is 0 Å². The molecule has 13 heavy (non-hydrogen) atoms.